The van der Waals surface area contributed by atoms with E-state index in [4.69, 9.17) is 4.74 Å². The molecule has 0 saturated heterocycles. The Morgan fingerprint density at radius 1 is 1.42 bits per heavy atom. The molecule has 1 aliphatic heterocycles. The maximum absolute atomic E-state index is 12.5. The van der Waals surface area contributed by atoms with Gasteiger partial charge in [-0.05, 0) is 36.5 Å². The third-order valence-electron chi connectivity index (χ3n) is 4.47. The number of fused-ring (bicyclic) bond motifs is 1. The number of ether oxygens (including phenoxy) is 1. The van der Waals surface area contributed by atoms with Crippen molar-refractivity contribution in [2.45, 2.75) is 39.0 Å². The molecule has 0 spiro atoms. The first-order chi connectivity index (χ1) is 9.15. The molecule has 1 saturated carbocycles. The molecule has 2 aliphatic rings. The number of Topliss-reactive ketones (excluding diaryl/α,β-unsaturated/α-hetero) is 1. The molecule has 3 heteroatoms. The fourth-order valence-corrected chi connectivity index (χ4v) is 3.97. The van der Waals surface area contributed by atoms with Gasteiger partial charge in [0.15, 0.2) is 0 Å². The molecule has 1 aromatic rings. The van der Waals surface area contributed by atoms with Gasteiger partial charge >= 0.3 is 0 Å². The van der Waals surface area contributed by atoms with Gasteiger partial charge in [-0.3, -0.25) is 4.79 Å². The van der Waals surface area contributed by atoms with Gasteiger partial charge in [0.2, 0.25) is 0 Å². The van der Waals surface area contributed by atoms with E-state index in [-0.39, 0.29) is 5.92 Å². The van der Waals surface area contributed by atoms with Gasteiger partial charge in [0.05, 0.1) is 6.61 Å². The van der Waals surface area contributed by atoms with E-state index in [1.807, 2.05) is 6.07 Å². The number of hydrogen-bond acceptors (Lipinski definition) is 2. The van der Waals surface area contributed by atoms with E-state index < -0.39 is 0 Å². The lowest BCUT2D eigenvalue weighted by Crippen LogP contribution is -2.19. The summed E-state index contributed by atoms with van der Waals surface area (Å²) in [7, 11) is 0. The molecular weight excluding hydrogens is 304 g/mol. The van der Waals surface area contributed by atoms with E-state index in [1.54, 1.807) is 0 Å². The lowest BCUT2D eigenvalue weighted by atomic mass is 9.89. The average Bonchev–Trinajstić information content (AvgIpc) is 2.97. The number of halogens is 1. The van der Waals surface area contributed by atoms with E-state index in [0.29, 0.717) is 18.1 Å². The first kappa shape index (κ1) is 13.2. The minimum absolute atomic E-state index is 0.260. The van der Waals surface area contributed by atoms with Gasteiger partial charge in [-0.1, -0.05) is 29.3 Å². The zero-order valence-electron chi connectivity index (χ0n) is 11.2. The zero-order chi connectivity index (χ0) is 13.4. The number of carbonyl (C=O) groups is 1. The highest BCUT2D eigenvalue weighted by Gasteiger charge is 2.30. The van der Waals surface area contributed by atoms with Crippen LogP contribution in [-0.2, 0) is 17.6 Å². The van der Waals surface area contributed by atoms with Crippen molar-refractivity contribution in [3.05, 3.63) is 27.7 Å². The molecular formula is C16H19BrO2. The van der Waals surface area contributed by atoms with Crippen LogP contribution in [0.25, 0.3) is 0 Å². The number of hydrogen-bond donors (Lipinski definition) is 0. The molecule has 3 rings (SSSR count). The summed E-state index contributed by atoms with van der Waals surface area (Å²) in [6, 6.07) is 4.15. The SMILES string of the molecule is CC1CCCC1C(=O)Cc1cc(Br)cc2c1OCC2. The summed E-state index contributed by atoms with van der Waals surface area (Å²) in [5.41, 5.74) is 2.29. The monoisotopic (exact) mass is 322 g/mol. The van der Waals surface area contributed by atoms with E-state index in [0.717, 1.165) is 35.2 Å². The fraction of sp³-hybridized carbons (Fsp3) is 0.562. The minimum atomic E-state index is 0.260. The van der Waals surface area contributed by atoms with Crippen molar-refractivity contribution in [1.82, 2.24) is 0 Å². The first-order valence-electron chi connectivity index (χ1n) is 7.12. The first-order valence-corrected chi connectivity index (χ1v) is 7.91. The van der Waals surface area contributed by atoms with Gasteiger partial charge < -0.3 is 4.74 Å². The van der Waals surface area contributed by atoms with Gasteiger partial charge in [0, 0.05) is 28.8 Å². The highest BCUT2D eigenvalue weighted by Crippen LogP contribution is 2.36. The summed E-state index contributed by atoms with van der Waals surface area (Å²) in [6.45, 7) is 2.95. The van der Waals surface area contributed by atoms with Gasteiger partial charge in [-0.15, -0.1) is 0 Å². The smallest absolute Gasteiger partial charge is 0.140 e. The third kappa shape index (κ3) is 2.58. The summed E-state index contributed by atoms with van der Waals surface area (Å²) >= 11 is 3.53. The molecule has 0 amide bonds. The van der Waals surface area contributed by atoms with Crippen molar-refractivity contribution in [3.8, 4) is 5.75 Å². The normalized spacial score (nSPS) is 25.2. The second-order valence-electron chi connectivity index (χ2n) is 5.81. The van der Waals surface area contributed by atoms with Crippen LogP contribution in [0.1, 0.15) is 37.3 Å². The highest BCUT2D eigenvalue weighted by molar-refractivity contribution is 9.10. The lowest BCUT2D eigenvalue weighted by Gasteiger charge is -2.15. The van der Waals surface area contributed by atoms with Gasteiger partial charge in [-0.25, -0.2) is 0 Å². The van der Waals surface area contributed by atoms with Crippen molar-refractivity contribution in [3.63, 3.8) is 0 Å². The average molecular weight is 323 g/mol. The Bertz CT molecular complexity index is 510. The molecule has 19 heavy (non-hydrogen) atoms. The van der Waals surface area contributed by atoms with Crippen LogP contribution in [0.3, 0.4) is 0 Å². The Kier molecular flexibility index (Phi) is 3.66. The fourth-order valence-electron chi connectivity index (χ4n) is 3.42. The van der Waals surface area contributed by atoms with Gasteiger partial charge in [0.1, 0.15) is 11.5 Å². The standard InChI is InChI=1S/C16H19BrO2/c1-10-3-2-4-14(10)15(18)9-12-8-13(17)7-11-5-6-19-16(11)12/h7-8,10,14H,2-6,9H2,1H3. The Morgan fingerprint density at radius 2 is 2.26 bits per heavy atom. The lowest BCUT2D eigenvalue weighted by molar-refractivity contribution is -0.123. The van der Waals surface area contributed by atoms with Crippen LogP contribution in [0.15, 0.2) is 16.6 Å². The van der Waals surface area contributed by atoms with Crippen LogP contribution in [0, 0.1) is 11.8 Å². The molecule has 1 aliphatic carbocycles. The Labute approximate surface area is 122 Å². The third-order valence-corrected chi connectivity index (χ3v) is 4.92. The number of rotatable bonds is 3. The molecule has 1 aromatic carbocycles. The second-order valence-corrected chi connectivity index (χ2v) is 6.73. The molecule has 2 nitrogen and oxygen atoms in total. The van der Waals surface area contributed by atoms with Crippen LogP contribution < -0.4 is 4.74 Å². The quantitative estimate of drug-likeness (QED) is 0.842. The highest BCUT2D eigenvalue weighted by atomic mass is 79.9. The molecule has 0 bridgehead atoms. The van der Waals surface area contributed by atoms with Crippen molar-refractivity contribution >= 4 is 21.7 Å². The molecule has 0 aromatic heterocycles. The largest absolute Gasteiger partial charge is 0.493 e. The van der Waals surface area contributed by atoms with Crippen molar-refractivity contribution in [1.29, 1.82) is 0 Å². The summed E-state index contributed by atoms with van der Waals surface area (Å²) in [5.74, 6) is 2.16. The predicted octanol–water partition coefficient (Wildman–Crippen LogP) is 3.93. The van der Waals surface area contributed by atoms with E-state index in [9.17, 15) is 4.79 Å². The summed E-state index contributed by atoms with van der Waals surface area (Å²) in [4.78, 5) is 12.5. The van der Waals surface area contributed by atoms with Crippen molar-refractivity contribution in [2.75, 3.05) is 6.61 Å². The maximum Gasteiger partial charge on any atom is 0.140 e. The summed E-state index contributed by atoms with van der Waals surface area (Å²) in [6.07, 6.45) is 4.94. The topological polar surface area (TPSA) is 26.3 Å². The molecule has 2 unspecified atom stereocenters. The van der Waals surface area contributed by atoms with Crippen LogP contribution in [0.2, 0.25) is 0 Å². The van der Waals surface area contributed by atoms with Crippen LogP contribution in [-0.4, -0.2) is 12.4 Å². The van der Waals surface area contributed by atoms with Crippen LogP contribution >= 0.6 is 15.9 Å². The number of benzene rings is 1. The van der Waals surface area contributed by atoms with Gasteiger partial charge in [-0.2, -0.15) is 0 Å². The summed E-state index contributed by atoms with van der Waals surface area (Å²) < 4.78 is 6.76. The van der Waals surface area contributed by atoms with E-state index >= 15 is 0 Å². The van der Waals surface area contributed by atoms with Crippen molar-refractivity contribution < 1.29 is 9.53 Å². The second kappa shape index (κ2) is 5.28. The van der Waals surface area contributed by atoms with E-state index in [2.05, 4.69) is 28.9 Å². The molecule has 0 radical (unpaired) electrons. The van der Waals surface area contributed by atoms with Crippen LogP contribution in [0.4, 0.5) is 0 Å². The van der Waals surface area contributed by atoms with Crippen LogP contribution in [0.5, 0.6) is 5.75 Å². The maximum atomic E-state index is 12.5. The van der Waals surface area contributed by atoms with Crippen molar-refractivity contribution in [2.24, 2.45) is 11.8 Å². The zero-order valence-corrected chi connectivity index (χ0v) is 12.8. The Balaban J connectivity index is 1.82. The van der Waals surface area contributed by atoms with Gasteiger partial charge in [0.25, 0.3) is 0 Å². The molecule has 1 fully saturated rings. The number of carbonyl (C=O) groups excluding carboxylic acids is 1. The Hall–Kier alpha value is -0.830. The molecule has 1 heterocycles. The summed E-state index contributed by atoms with van der Waals surface area (Å²) in [5, 5.41) is 0. The minimum Gasteiger partial charge on any atom is -0.493 e. The number of ketones is 1. The Morgan fingerprint density at radius 3 is 3.00 bits per heavy atom. The van der Waals surface area contributed by atoms with E-state index in [1.165, 1.54) is 18.4 Å². The molecule has 0 N–H and O–H groups in total. The molecule has 102 valence electrons. The molecule has 2 atom stereocenters. The predicted molar refractivity (Wildman–Crippen MR) is 78.6 cm³/mol.